The Labute approximate surface area is 65.2 Å². The second-order valence-corrected chi connectivity index (χ2v) is 2.56. The van der Waals surface area contributed by atoms with Crippen molar-refractivity contribution in [2.75, 3.05) is 6.54 Å². The molecule has 11 heavy (non-hydrogen) atoms. The van der Waals surface area contributed by atoms with Gasteiger partial charge in [-0.25, -0.2) is 0 Å². The van der Waals surface area contributed by atoms with Gasteiger partial charge in [0.1, 0.15) is 0 Å². The van der Waals surface area contributed by atoms with Gasteiger partial charge in [-0.05, 0) is 18.9 Å². The molecule has 0 saturated carbocycles. The molecule has 0 saturated heterocycles. The van der Waals surface area contributed by atoms with Gasteiger partial charge < -0.3 is 0 Å². The molecule has 56 valence electrons. The number of hydrogen-bond donors (Lipinski definition) is 0. The van der Waals surface area contributed by atoms with Crippen LogP contribution in [0, 0.1) is 0 Å². The third kappa shape index (κ3) is 1.27. The molecule has 1 aromatic heterocycles. The Kier molecular flexibility index (Phi) is 1.63. The van der Waals surface area contributed by atoms with E-state index < -0.39 is 0 Å². The Balaban J connectivity index is 2.29. The first-order valence-electron chi connectivity index (χ1n) is 3.77. The fourth-order valence-corrected chi connectivity index (χ4v) is 1.24. The van der Waals surface area contributed by atoms with E-state index in [1.807, 2.05) is 6.07 Å². The van der Waals surface area contributed by atoms with Crippen LogP contribution >= 0.6 is 0 Å². The molecule has 0 bridgehead atoms. The average molecular weight is 147 g/mol. The van der Waals surface area contributed by atoms with Gasteiger partial charge in [0.25, 0.3) is 0 Å². The molecule has 1 aliphatic rings. The second kappa shape index (κ2) is 2.78. The lowest BCUT2D eigenvalue weighted by Crippen LogP contribution is -1.96. The standard InChI is InChI=1S/C8H9N3/c1-2-8(9-4-1)7-3-5-10-11-6-7/h3,5-6H,1-2,4H2. The topological polar surface area (TPSA) is 38.1 Å². The molecule has 0 aromatic carbocycles. The maximum atomic E-state index is 4.35. The molecule has 0 atom stereocenters. The van der Waals surface area contributed by atoms with Crippen molar-refractivity contribution < 1.29 is 0 Å². The van der Waals surface area contributed by atoms with E-state index in [0.29, 0.717) is 0 Å². The summed E-state index contributed by atoms with van der Waals surface area (Å²) in [5.41, 5.74) is 2.30. The fraction of sp³-hybridized carbons (Fsp3) is 0.375. The second-order valence-electron chi connectivity index (χ2n) is 2.56. The summed E-state index contributed by atoms with van der Waals surface area (Å²) in [5.74, 6) is 0. The summed E-state index contributed by atoms with van der Waals surface area (Å²) in [6.07, 6.45) is 5.74. The molecule has 0 N–H and O–H groups in total. The van der Waals surface area contributed by atoms with Crippen LogP contribution in [0.2, 0.25) is 0 Å². The SMILES string of the molecule is c1cc(C2=NCCC2)cnn1. The highest BCUT2D eigenvalue weighted by Crippen LogP contribution is 2.10. The lowest BCUT2D eigenvalue weighted by atomic mass is 10.1. The van der Waals surface area contributed by atoms with Gasteiger partial charge in [-0.3, -0.25) is 4.99 Å². The molecule has 0 aliphatic carbocycles. The summed E-state index contributed by atoms with van der Waals surface area (Å²) < 4.78 is 0. The molecule has 0 radical (unpaired) electrons. The summed E-state index contributed by atoms with van der Waals surface area (Å²) in [5, 5.41) is 7.51. The van der Waals surface area contributed by atoms with Gasteiger partial charge in [0, 0.05) is 17.8 Å². The summed E-state index contributed by atoms with van der Waals surface area (Å²) in [7, 11) is 0. The van der Waals surface area contributed by atoms with Crippen molar-refractivity contribution in [3.8, 4) is 0 Å². The summed E-state index contributed by atoms with van der Waals surface area (Å²) in [6, 6.07) is 1.96. The van der Waals surface area contributed by atoms with Gasteiger partial charge in [0.15, 0.2) is 0 Å². The lowest BCUT2D eigenvalue weighted by Gasteiger charge is -1.95. The van der Waals surface area contributed by atoms with Gasteiger partial charge in [-0.2, -0.15) is 10.2 Å². The predicted molar refractivity (Wildman–Crippen MR) is 42.7 cm³/mol. The molecule has 3 heteroatoms. The van der Waals surface area contributed by atoms with Gasteiger partial charge in [-0.1, -0.05) is 0 Å². The van der Waals surface area contributed by atoms with Crippen LogP contribution in [0.25, 0.3) is 0 Å². The van der Waals surface area contributed by atoms with Crippen LogP contribution < -0.4 is 0 Å². The van der Waals surface area contributed by atoms with Crippen molar-refractivity contribution in [3.05, 3.63) is 24.0 Å². The fourth-order valence-electron chi connectivity index (χ4n) is 1.24. The minimum atomic E-state index is 0.970. The molecule has 1 aliphatic heterocycles. The third-order valence-corrected chi connectivity index (χ3v) is 1.79. The molecule has 0 fully saturated rings. The molecular formula is C8H9N3. The predicted octanol–water partition coefficient (Wildman–Crippen LogP) is 1.06. The third-order valence-electron chi connectivity index (χ3n) is 1.79. The quantitative estimate of drug-likeness (QED) is 0.595. The zero-order chi connectivity index (χ0) is 7.52. The number of aromatic nitrogens is 2. The van der Waals surface area contributed by atoms with Crippen LogP contribution in [0.15, 0.2) is 23.5 Å². The number of aliphatic imine (C=N–C) groups is 1. The Morgan fingerprint density at radius 3 is 2.91 bits per heavy atom. The van der Waals surface area contributed by atoms with E-state index in [4.69, 9.17) is 0 Å². The maximum absolute atomic E-state index is 4.35. The van der Waals surface area contributed by atoms with Crippen molar-refractivity contribution in [2.45, 2.75) is 12.8 Å². The van der Waals surface area contributed by atoms with E-state index in [1.54, 1.807) is 12.4 Å². The molecule has 1 aromatic rings. The van der Waals surface area contributed by atoms with Crippen LogP contribution in [-0.4, -0.2) is 22.5 Å². The van der Waals surface area contributed by atoms with Crippen molar-refractivity contribution in [2.24, 2.45) is 4.99 Å². The van der Waals surface area contributed by atoms with Crippen molar-refractivity contribution in [1.29, 1.82) is 0 Å². The lowest BCUT2D eigenvalue weighted by molar-refractivity contribution is 0.950. The molecule has 2 heterocycles. The highest BCUT2D eigenvalue weighted by Gasteiger charge is 2.07. The van der Waals surface area contributed by atoms with Crippen LogP contribution in [-0.2, 0) is 0 Å². The summed E-state index contributed by atoms with van der Waals surface area (Å²) >= 11 is 0. The minimum Gasteiger partial charge on any atom is -0.289 e. The Hall–Kier alpha value is -1.25. The van der Waals surface area contributed by atoms with Crippen molar-refractivity contribution in [3.63, 3.8) is 0 Å². The van der Waals surface area contributed by atoms with Crippen LogP contribution in [0.3, 0.4) is 0 Å². The Morgan fingerprint density at radius 1 is 1.27 bits per heavy atom. The zero-order valence-corrected chi connectivity index (χ0v) is 6.20. The van der Waals surface area contributed by atoms with E-state index >= 15 is 0 Å². The minimum absolute atomic E-state index is 0.970. The van der Waals surface area contributed by atoms with Crippen LogP contribution in [0.1, 0.15) is 18.4 Å². The van der Waals surface area contributed by atoms with Gasteiger partial charge in [-0.15, -0.1) is 0 Å². The van der Waals surface area contributed by atoms with E-state index in [-0.39, 0.29) is 0 Å². The first-order valence-corrected chi connectivity index (χ1v) is 3.77. The Morgan fingerprint density at radius 2 is 2.27 bits per heavy atom. The van der Waals surface area contributed by atoms with E-state index in [1.165, 1.54) is 12.1 Å². The normalized spacial score (nSPS) is 16.5. The summed E-state index contributed by atoms with van der Waals surface area (Å²) in [6.45, 7) is 0.970. The smallest absolute Gasteiger partial charge is 0.0586 e. The Bertz CT molecular complexity index is 266. The van der Waals surface area contributed by atoms with Crippen LogP contribution in [0.5, 0.6) is 0 Å². The van der Waals surface area contributed by atoms with E-state index in [2.05, 4.69) is 15.2 Å². The summed E-state index contributed by atoms with van der Waals surface area (Å²) in [4.78, 5) is 4.35. The first-order chi connectivity index (χ1) is 5.47. The average Bonchev–Trinajstić information content (AvgIpc) is 2.58. The highest BCUT2D eigenvalue weighted by molar-refractivity contribution is 6.01. The van der Waals surface area contributed by atoms with E-state index in [0.717, 1.165) is 18.5 Å². The largest absolute Gasteiger partial charge is 0.289 e. The zero-order valence-electron chi connectivity index (χ0n) is 6.20. The van der Waals surface area contributed by atoms with Crippen molar-refractivity contribution in [1.82, 2.24) is 10.2 Å². The van der Waals surface area contributed by atoms with Crippen molar-refractivity contribution >= 4 is 5.71 Å². The maximum Gasteiger partial charge on any atom is 0.0586 e. The molecule has 3 nitrogen and oxygen atoms in total. The molecule has 0 spiro atoms. The van der Waals surface area contributed by atoms with Gasteiger partial charge >= 0.3 is 0 Å². The number of rotatable bonds is 1. The van der Waals surface area contributed by atoms with Gasteiger partial charge in [0.2, 0.25) is 0 Å². The number of nitrogens with zero attached hydrogens (tertiary/aromatic N) is 3. The molecular weight excluding hydrogens is 138 g/mol. The van der Waals surface area contributed by atoms with E-state index in [9.17, 15) is 0 Å². The monoisotopic (exact) mass is 147 g/mol. The number of hydrogen-bond acceptors (Lipinski definition) is 3. The van der Waals surface area contributed by atoms with Gasteiger partial charge in [0.05, 0.1) is 12.4 Å². The first kappa shape index (κ1) is 6.46. The molecule has 0 amide bonds. The van der Waals surface area contributed by atoms with Crippen LogP contribution in [0.4, 0.5) is 0 Å². The molecule has 2 rings (SSSR count). The molecule has 0 unspecified atom stereocenters. The highest BCUT2D eigenvalue weighted by atomic mass is 15.1.